The van der Waals surface area contributed by atoms with Gasteiger partial charge in [0.05, 0.1) is 10.6 Å². The first-order valence-corrected chi connectivity index (χ1v) is 9.42. The number of benzene rings is 1. The quantitative estimate of drug-likeness (QED) is 0.935. The number of nitrogens with one attached hydrogen (secondary N) is 1. The van der Waals surface area contributed by atoms with Crippen LogP contribution in [0.3, 0.4) is 0 Å². The summed E-state index contributed by atoms with van der Waals surface area (Å²) in [4.78, 5) is 8.07. The van der Waals surface area contributed by atoms with E-state index in [2.05, 4.69) is 21.7 Å². The van der Waals surface area contributed by atoms with Gasteiger partial charge in [-0.05, 0) is 44.2 Å². The molecule has 1 N–H and O–H groups in total. The molecular weight excluding hydrogens is 318 g/mol. The molecule has 2 heterocycles. The van der Waals surface area contributed by atoms with E-state index in [-0.39, 0.29) is 4.90 Å². The van der Waals surface area contributed by atoms with Crippen LogP contribution in [0.15, 0.2) is 23.1 Å². The molecule has 1 aliphatic rings. The molecule has 0 spiro atoms. The summed E-state index contributed by atoms with van der Waals surface area (Å²) in [6, 6.07) is 5.15. The summed E-state index contributed by atoms with van der Waals surface area (Å²) in [5, 5.41) is 0.457. The van der Waals surface area contributed by atoms with Gasteiger partial charge in [0.1, 0.15) is 0 Å². The van der Waals surface area contributed by atoms with E-state index in [0.29, 0.717) is 5.13 Å². The number of likely N-dealkylation sites (N-methyl/N-ethyl adjacent to an activating group) is 1. The van der Waals surface area contributed by atoms with Crippen LogP contribution in [-0.4, -0.2) is 31.9 Å². The van der Waals surface area contributed by atoms with Gasteiger partial charge in [0.25, 0.3) is 10.0 Å². The monoisotopic (exact) mass is 337 g/mol. The molecule has 5 nitrogen and oxygen atoms in total. The predicted molar refractivity (Wildman–Crippen MR) is 88.9 cm³/mol. The second-order valence-electron chi connectivity index (χ2n) is 5.73. The molecule has 22 heavy (non-hydrogen) atoms. The SMILES string of the molecule is Cc1ccc(S(=O)(=O)Nc2nc3c(s2)CN(C)CC3)cc1C. The van der Waals surface area contributed by atoms with Gasteiger partial charge < -0.3 is 4.90 Å². The zero-order valence-corrected chi connectivity index (χ0v) is 14.5. The second-order valence-corrected chi connectivity index (χ2v) is 8.49. The van der Waals surface area contributed by atoms with E-state index in [4.69, 9.17) is 0 Å². The van der Waals surface area contributed by atoms with Crippen molar-refractivity contribution in [3.63, 3.8) is 0 Å². The van der Waals surface area contributed by atoms with Crippen LogP contribution in [0.1, 0.15) is 21.7 Å². The van der Waals surface area contributed by atoms with Gasteiger partial charge in [0, 0.05) is 24.4 Å². The number of hydrogen-bond acceptors (Lipinski definition) is 5. The van der Waals surface area contributed by atoms with Gasteiger partial charge in [-0.3, -0.25) is 4.72 Å². The van der Waals surface area contributed by atoms with E-state index in [1.807, 2.05) is 19.9 Å². The summed E-state index contributed by atoms with van der Waals surface area (Å²) in [5.41, 5.74) is 3.05. The predicted octanol–water partition coefficient (Wildman–Crippen LogP) is 2.55. The van der Waals surface area contributed by atoms with E-state index in [1.165, 1.54) is 11.3 Å². The third-order valence-corrected chi connectivity index (χ3v) is 6.40. The number of thiazole rings is 1. The van der Waals surface area contributed by atoms with Gasteiger partial charge in [-0.15, -0.1) is 0 Å². The minimum atomic E-state index is -3.58. The summed E-state index contributed by atoms with van der Waals surface area (Å²) in [5.74, 6) is 0. The van der Waals surface area contributed by atoms with E-state index in [9.17, 15) is 8.42 Å². The van der Waals surface area contributed by atoms with Crippen molar-refractivity contribution in [2.75, 3.05) is 18.3 Å². The molecular formula is C15H19N3O2S2. The van der Waals surface area contributed by atoms with Crippen LogP contribution in [0.5, 0.6) is 0 Å². The Morgan fingerprint density at radius 2 is 2.05 bits per heavy atom. The Bertz CT molecular complexity index is 812. The third-order valence-electron chi connectivity index (χ3n) is 3.93. The van der Waals surface area contributed by atoms with Gasteiger partial charge in [-0.1, -0.05) is 17.4 Å². The summed E-state index contributed by atoms with van der Waals surface area (Å²) < 4.78 is 27.6. The molecule has 0 bridgehead atoms. The molecule has 0 fully saturated rings. The highest BCUT2D eigenvalue weighted by Crippen LogP contribution is 2.29. The Morgan fingerprint density at radius 1 is 1.27 bits per heavy atom. The molecule has 0 unspecified atom stereocenters. The zero-order valence-electron chi connectivity index (χ0n) is 12.9. The summed E-state index contributed by atoms with van der Waals surface area (Å²) in [6.45, 7) is 5.66. The van der Waals surface area contributed by atoms with Gasteiger partial charge in [-0.25, -0.2) is 13.4 Å². The fourth-order valence-electron chi connectivity index (χ4n) is 2.42. The number of sulfonamides is 1. The van der Waals surface area contributed by atoms with Crippen LogP contribution in [0.4, 0.5) is 5.13 Å². The highest BCUT2D eigenvalue weighted by Gasteiger charge is 2.22. The molecule has 7 heteroatoms. The van der Waals surface area contributed by atoms with Crippen molar-refractivity contribution in [2.45, 2.75) is 31.7 Å². The maximum atomic E-state index is 12.5. The molecule has 0 radical (unpaired) electrons. The first-order valence-electron chi connectivity index (χ1n) is 7.12. The third kappa shape index (κ3) is 3.02. The molecule has 0 amide bonds. The Kier molecular flexibility index (Phi) is 3.96. The molecule has 0 saturated carbocycles. The number of hydrogen-bond donors (Lipinski definition) is 1. The molecule has 0 atom stereocenters. The lowest BCUT2D eigenvalue weighted by atomic mass is 10.1. The van der Waals surface area contributed by atoms with E-state index >= 15 is 0 Å². The standard InChI is InChI=1S/C15H19N3O2S2/c1-10-4-5-12(8-11(10)2)22(19,20)17-15-16-13-6-7-18(3)9-14(13)21-15/h4-5,8H,6-7,9H2,1-3H3,(H,16,17). The lowest BCUT2D eigenvalue weighted by Gasteiger charge is -2.20. The van der Waals surface area contributed by atoms with Crippen molar-refractivity contribution in [3.05, 3.63) is 39.9 Å². The van der Waals surface area contributed by atoms with Gasteiger partial charge in [0.15, 0.2) is 5.13 Å². The second kappa shape index (κ2) is 5.64. The van der Waals surface area contributed by atoms with Crippen molar-refractivity contribution >= 4 is 26.5 Å². The van der Waals surface area contributed by atoms with Crippen molar-refractivity contribution in [1.29, 1.82) is 0 Å². The average molecular weight is 337 g/mol. The summed E-state index contributed by atoms with van der Waals surface area (Å²) in [6.07, 6.45) is 0.869. The normalized spacial score (nSPS) is 15.6. The first kappa shape index (κ1) is 15.5. The maximum absolute atomic E-state index is 12.5. The molecule has 0 saturated heterocycles. The van der Waals surface area contributed by atoms with Crippen LogP contribution < -0.4 is 4.72 Å². The number of anilines is 1. The van der Waals surface area contributed by atoms with E-state index < -0.39 is 10.0 Å². The average Bonchev–Trinajstić information content (AvgIpc) is 2.82. The van der Waals surface area contributed by atoms with Crippen LogP contribution in [0, 0.1) is 13.8 Å². The minimum absolute atomic E-state index is 0.279. The number of nitrogens with zero attached hydrogens (tertiary/aromatic N) is 2. The smallest absolute Gasteiger partial charge is 0.263 e. The zero-order chi connectivity index (χ0) is 15.9. The minimum Gasteiger partial charge on any atom is -0.301 e. The van der Waals surface area contributed by atoms with Crippen LogP contribution in [0.25, 0.3) is 0 Å². The van der Waals surface area contributed by atoms with Gasteiger partial charge in [0.2, 0.25) is 0 Å². The molecule has 3 rings (SSSR count). The number of aromatic nitrogens is 1. The lowest BCUT2D eigenvalue weighted by molar-refractivity contribution is 0.314. The van der Waals surface area contributed by atoms with Crippen molar-refractivity contribution < 1.29 is 8.42 Å². The van der Waals surface area contributed by atoms with Crippen LogP contribution in [0.2, 0.25) is 0 Å². The van der Waals surface area contributed by atoms with Crippen LogP contribution in [-0.2, 0) is 23.0 Å². The molecule has 2 aromatic rings. The highest BCUT2D eigenvalue weighted by atomic mass is 32.2. The van der Waals surface area contributed by atoms with E-state index in [1.54, 1.807) is 12.1 Å². The molecule has 0 aliphatic carbocycles. The highest BCUT2D eigenvalue weighted by molar-refractivity contribution is 7.93. The van der Waals surface area contributed by atoms with Crippen molar-refractivity contribution in [2.24, 2.45) is 0 Å². The lowest BCUT2D eigenvalue weighted by Crippen LogP contribution is -2.25. The Hall–Kier alpha value is -1.44. The molecule has 118 valence electrons. The fraction of sp³-hybridized carbons (Fsp3) is 0.400. The van der Waals surface area contributed by atoms with Crippen LogP contribution >= 0.6 is 11.3 Å². The first-order chi connectivity index (χ1) is 10.3. The summed E-state index contributed by atoms with van der Waals surface area (Å²) >= 11 is 1.42. The maximum Gasteiger partial charge on any atom is 0.263 e. The van der Waals surface area contributed by atoms with Crippen molar-refractivity contribution in [1.82, 2.24) is 9.88 Å². The van der Waals surface area contributed by atoms with Crippen molar-refractivity contribution in [3.8, 4) is 0 Å². The molecule has 1 aliphatic heterocycles. The van der Waals surface area contributed by atoms with Gasteiger partial charge in [-0.2, -0.15) is 0 Å². The van der Waals surface area contributed by atoms with E-state index in [0.717, 1.165) is 41.2 Å². The largest absolute Gasteiger partial charge is 0.301 e. The number of aryl methyl sites for hydroxylation is 2. The summed E-state index contributed by atoms with van der Waals surface area (Å²) in [7, 11) is -1.52. The Balaban J connectivity index is 1.87. The number of fused-ring (bicyclic) bond motifs is 1. The fourth-order valence-corrected chi connectivity index (χ4v) is 4.83. The Labute approximate surface area is 135 Å². The molecule has 1 aromatic carbocycles. The van der Waals surface area contributed by atoms with Gasteiger partial charge >= 0.3 is 0 Å². The molecule has 1 aromatic heterocycles. The number of rotatable bonds is 3. The topological polar surface area (TPSA) is 62.3 Å². The Morgan fingerprint density at radius 3 is 2.77 bits per heavy atom.